The first-order valence-electron chi connectivity index (χ1n) is 4.94. The van der Waals surface area contributed by atoms with E-state index in [2.05, 4.69) is 15.9 Å². The number of hydrogen-bond donors (Lipinski definition) is 0. The highest BCUT2D eigenvalue weighted by Gasteiger charge is 2.37. The Labute approximate surface area is 106 Å². The SMILES string of the molecule is CCCC1Oc2c(Br)cc(Cl)c(F)c2C1=O. The maximum Gasteiger partial charge on any atom is 0.210 e. The fourth-order valence-corrected chi connectivity index (χ4v) is 2.58. The molecule has 1 aliphatic heterocycles. The van der Waals surface area contributed by atoms with Gasteiger partial charge in [0.25, 0.3) is 0 Å². The van der Waals surface area contributed by atoms with Crippen molar-refractivity contribution >= 4 is 33.3 Å². The van der Waals surface area contributed by atoms with Gasteiger partial charge in [0.15, 0.2) is 11.9 Å². The van der Waals surface area contributed by atoms with E-state index in [1.54, 1.807) is 0 Å². The molecular formula is C11H9BrClFO2. The first-order chi connectivity index (χ1) is 7.56. The smallest absolute Gasteiger partial charge is 0.210 e. The molecule has 1 atom stereocenters. The van der Waals surface area contributed by atoms with Gasteiger partial charge < -0.3 is 4.74 Å². The molecule has 1 aromatic carbocycles. The Morgan fingerprint density at radius 2 is 2.31 bits per heavy atom. The van der Waals surface area contributed by atoms with Crippen LogP contribution in [0.15, 0.2) is 10.5 Å². The normalized spacial score (nSPS) is 18.5. The van der Waals surface area contributed by atoms with Crippen LogP contribution in [0, 0.1) is 5.82 Å². The molecular weight excluding hydrogens is 298 g/mol. The summed E-state index contributed by atoms with van der Waals surface area (Å²) in [5, 5.41) is -0.0697. The molecule has 0 aromatic heterocycles. The summed E-state index contributed by atoms with van der Waals surface area (Å²) in [6.07, 6.45) is 0.804. The van der Waals surface area contributed by atoms with Crippen LogP contribution in [0.4, 0.5) is 4.39 Å². The van der Waals surface area contributed by atoms with Crippen LogP contribution in [-0.2, 0) is 0 Å². The number of fused-ring (bicyclic) bond motifs is 1. The van der Waals surface area contributed by atoms with Crippen molar-refractivity contribution in [1.29, 1.82) is 0 Å². The molecule has 0 saturated carbocycles. The van der Waals surface area contributed by atoms with Crippen molar-refractivity contribution in [2.45, 2.75) is 25.9 Å². The van der Waals surface area contributed by atoms with E-state index >= 15 is 0 Å². The van der Waals surface area contributed by atoms with Gasteiger partial charge in [-0.3, -0.25) is 4.79 Å². The molecule has 0 amide bonds. The Hall–Kier alpha value is -0.610. The Kier molecular flexibility index (Phi) is 3.22. The van der Waals surface area contributed by atoms with Crippen molar-refractivity contribution in [2.75, 3.05) is 0 Å². The molecule has 0 aliphatic carbocycles. The maximum absolute atomic E-state index is 13.7. The number of ether oxygens (including phenoxy) is 1. The Balaban J connectivity index is 2.51. The van der Waals surface area contributed by atoms with Crippen LogP contribution in [-0.4, -0.2) is 11.9 Å². The highest BCUT2D eigenvalue weighted by atomic mass is 79.9. The molecule has 2 nitrogen and oxygen atoms in total. The van der Waals surface area contributed by atoms with Crippen molar-refractivity contribution in [3.05, 3.63) is 26.9 Å². The van der Waals surface area contributed by atoms with Crippen LogP contribution >= 0.6 is 27.5 Å². The lowest BCUT2D eigenvalue weighted by molar-refractivity contribution is 0.0843. The zero-order chi connectivity index (χ0) is 11.9. The van der Waals surface area contributed by atoms with Crippen molar-refractivity contribution in [3.63, 3.8) is 0 Å². The standard InChI is InChI=1S/C11H9BrClFO2/c1-2-3-7-10(15)8-9(14)6(13)4-5(12)11(8)16-7/h4,7H,2-3H2,1H3. The number of carbonyl (C=O) groups excluding carboxylic acids is 1. The molecule has 0 fully saturated rings. The van der Waals surface area contributed by atoms with Crippen molar-refractivity contribution in [3.8, 4) is 5.75 Å². The van der Waals surface area contributed by atoms with E-state index < -0.39 is 11.9 Å². The Morgan fingerprint density at radius 3 is 2.94 bits per heavy atom. The number of halogens is 3. The summed E-state index contributed by atoms with van der Waals surface area (Å²) >= 11 is 8.88. The minimum atomic E-state index is -0.691. The van der Waals surface area contributed by atoms with Gasteiger partial charge >= 0.3 is 0 Å². The number of hydrogen-bond acceptors (Lipinski definition) is 2. The number of Topliss-reactive ketones (excluding diaryl/α,β-unsaturated/α-hetero) is 1. The minimum Gasteiger partial charge on any atom is -0.480 e. The van der Waals surface area contributed by atoms with Crippen LogP contribution in [0.1, 0.15) is 30.1 Å². The van der Waals surface area contributed by atoms with Crippen LogP contribution in [0.25, 0.3) is 0 Å². The van der Waals surface area contributed by atoms with Crippen LogP contribution in [0.3, 0.4) is 0 Å². The summed E-state index contributed by atoms with van der Waals surface area (Å²) in [6.45, 7) is 1.94. The summed E-state index contributed by atoms with van der Waals surface area (Å²) in [6, 6.07) is 1.40. The topological polar surface area (TPSA) is 26.3 Å². The van der Waals surface area contributed by atoms with Crippen LogP contribution in [0.5, 0.6) is 5.75 Å². The summed E-state index contributed by atoms with van der Waals surface area (Å²) in [7, 11) is 0. The summed E-state index contributed by atoms with van der Waals surface area (Å²) in [4.78, 5) is 11.9. The second kappa shape index (κ2) is 4.34. The quantitative estimate of drug-likeness (QED) is 0.772. The van der Waals surface area contributed by atoms with E-state index in [9.17, 15) is 9.18 Å². The van der Waals surface area contributed by atoms with Gasteiger partial charge in [0.05, 0.1) is 9.50 Å². The molecule has 1 heterocycles. The molecule has 0 saturated heterocycles. The predicted octanol–water partition coefficient (Wildman–Crippen LogP) is 3.99. The molecule has 16 heavy (non-hydrogen) atoms. The third-order valence-corrected chi connectivity index (χ3v) is 3.34. The lowest BCUT2D eigenvalue weighted by atomic mass is 10.1. The Morgan fingerprint density at radius 1 is 1.62 bits per heavy atom. The molecule has 0 N–H and O–H groups in total. The van der Waals surface area contributed by atoms with E-state index in [4.69, 9.17) is 16.3 Å². The summed E-state index contributed by atoms with van der Waals surface area (Å²) in [5.41, 5.74) is -0.0298. The molecule has 86 valence electrons. The molecule has 0 spiro atoms. The number of benzene rings is 1. The number of rotatable bonds is 2. The van der Waals surface area contributed by atoms with E-state index in [0.717, 1.165) is 6.42 Å². The van der Waals surface area contributed by atoms with Gasteiger partial charge in [-0.25, -0.2) is 4.39 Å². The average Bonchev–Trinajstić information content (AvgIpc) is 2.55. The number of carbonyl (C=O) groups is 1. The van der Waals surface area contributed by atoms with Crippen LogP contribution in [0.2, 0.25) is 5.02 Å². The minimum absolute atomic E-state index is 0.0298. The summed E-state index contributed by atoms with van der Waals surface area (Å²) in [5.74, 6) is -0.744. The Bertz CT molecular complexity index is 462. The summed E-state index contributed by atoms with van der Waals surface area (Å²) < 4.78 is 19.6. The van der Waals surface area contributed by atoms with E-state index in [0.29, 0.717) is 10.9 Å². The van der Waals surface area contributed by atoms with Gasteiger partial charge in [-0.05, 0) is 28.4 Å². The maximum atomic E-state index is 13.7. The lowest BCUT2D eigenvalue weighted by Crippen LogP contribution is -2.20. The number of ketones is 1. The van der Waals surface area contributed by atoms with Gasteiger partial charge in [-0.2, -0.15) is 0 Å². The van der Waals surface area contributed by atoms with Crippen molar-refractivity contribution in [2.24, 2.45) is 0 Å². The van der Waals surface area contributed by atoms with E-state index in [-0.39, 0.29) is 22.1 Å². The second-order valence-corrected chi connectivity index (χ2v) is 4.88. The fraction of sp³-hybridized carbons (Fsp3) is 0.364. The molecule has 0 radical (unpaired) electrons. The fourth-order valence-electron chi connectivity index (χ4n) is 1.72. The molecule has 2 rings (SSSR count). The first-order valence-corrected chi connectivity index (χ1v) is 6.11. The van der Waals surface area contributed by atoms with Gasteiger partial charge in [0, 0.05) is 0 Å². The van der Waals surface area contributed by atoms with Gasteiger partial charge in [-0.15, -0.1) is 0 Å². The zero-order valence-electron chi connectivity index (χ0n) is 8.52. The average molecular weight is 308 g/mol. The monoisotopic (exact) mass is 306 g/mol. The largest absolute Gasteiger partial charge is 0.480 e. The highest BCUT2D eigenvalue weighted by molar-refractivity contribution is 9.10. The molecule has 1 unspecified atom stereocenters. The third-order valence-electron chi connectivity index (χ3n) is 2.48. The van der Waals surface area contributed by atoms with Crippen LogP contribution < -0.4 is 4.74 Å². The van der Waals surface area contributed by atoms with Gasteiger partial charge in [0.2, 0.25) is 5.78 Å². The molecule has 0 bridgehead atoms. The molecule has 1 aliphatic rings. The van der Waals surface area contributed by atoms with Gasteiger partial charge in [0.1, 0.15) is 11.3 Å². The van der Waals surface area contributed by atoms with Crippen molar-refractivity contribution in [1.82, 2.24) is 0 Å². The first kappa shape index (κ1) is 11.9. The predicted molar refractivity (Wildman–Crippen MR) is 62.8 cm³/mol. The van der Waals surface area contributed by atoms with Crippen molar-refractivity contribution < 1.29 is 13.9 Å². The van der Waals surface area contributed by atoms with E-state index in [1.807, 2.05) is 6.92 Å². The van der Waals surface area contributed by atoms with E-state index in [1.165, 1.54) is 6.07 Å². The third kappa shape index (κ3) is 1.74. The molecule has 5 heteroatoms. The highest BCUT2D eigenvalue weighted by Crippen LogP contribution is 2.41. The molecule has 1 aromatic rings. The van der Waals surface area contributed by atoms with Gasteiger partial charge in [-0.1, -0.05) is 24.9 Å². The second-order valence-electron chi connectivity index (χ2n) is 3.62. The zero-order valence-corrected chi connectivity index (χ0v) is 10.9. The lowest BCUT2D eigenvalue weighted by Gasteiger charge is -2.07.